The van der Waals surface area contributed by atoms with Crippen molar-refractivity contribution >= 4 is 23.2 Å². The summed E-state index contributed by atoms with van der Waals surface area (Å²) in [5.74, 6) is -2.75. The number of aromatic nitrogens is 3. The smallest absolute Gasteiger partial charge is 0.338 e. The third-order valence-corrected chi connectivity index (χ3v) is 3.66. The molecule has 0 aliphatic rings. The van der Waals surface area contributed by atoms with Gasteiger partial charge in [-0.25, -0.2) is 18.7 Å². The lowest BCUT2D eigenvalue weighted by Gasteiger charge is -2.11. The van der Waals surface area contributed by atoms with E-state index in [-0.39, 0.29) is 16.8 Å². The van der Waals surface area contributed by atoms with Gasteiger partial charge in [0.2, 0.25) is 0 Å². The van der Waals surface area contributed by atoms with Crippen LogP contribution in [0, 0.1) is 19.7 Å². The van der Waals surface area contributed by atoms with E-state index in [4.69, 9.17) is 5.11 Å². The lowest BCUT2D eigenvalue weighted by atomic mass is 10.1. The second kappa shape index (κ2) is 5.73. The number of halogens is 1. The van der Waals surface area contributed by atoms with Gasteiger partial charge in [0.05, 0.1) is 23.0 Å². The Hall–Kier alpha value is -3.29. The zero-order chi connectivity index (χ0) is 17.4. The van der Waals surface area contributed by atoms with E-state index in [1.807, 2.05) is 0 Å². The molecule has 122 valence electrons. The quantitative estimate of drug-likeness (QED) is 0.770. The highest BCUT2D eigenvalue weighted by molar-refractivity contribution is 6.05. The van der Waals surface area contributed by atoms with Gasteiger partial charge in [-0.15, -0.1) is 0 Å². The number of aryl methyl sites for hydroxylation is 2. The molecule has 7 nitrogen and oxygen atoms in total. The van der Waals surface area contributed by atoms with Crippen LogP contribution in [0.25, 0.3) is 5.65 Å². The number of anilines is 1. The van der Waals surface area contributed by atoms with Crippen molar-refractivity contribution in [2.45, 2.75) is 13.8 Å². The molecule has 0 saturated heterocycles. The third-order valence-electron chi connectivity index (χ3n) is 3.66. The van der Waals surface area contributed by atoms with Gasteiger partial charge in [0.15, 0.2) is 5.65 Å². The molecule has 0 bridgehead atoms. The van der Waals surface area contributed by atoms with Crippen molar-refractivity contribution in [2.75, 3.05) is 5.32 Å². The highest BCUT2D eigenvalue weighted by atomic mass is 19.1. The maximum atomic E-state index is 13.9. The predicted molar refractivity (Wildman–Crippen MR) is 83.8 cm³/mol. The molecule has 2 N–H and O–H groups in total. The van der Waals surface area contributed by atoms with Gasteiger partial charge in [0.1, 0.15) is 5.82 Å². The number of benzene rings is 1. The maximum Gasteiger partial charge on any atom is 0.338 e. The molecular formula is C16H13FN4O3. The Kier molecular flexibility index (Phi) is 3.72. The third kappa shape index (κ3) is 2.58. The summed E-state index contributed by atoms with van der Waals surface area (Å²) < 4.78 is 15.4. The summed E-state index contributed by atoms with van der Waals surface area (Å²) in [4.78, 5) is 27.5. The van der Waals surface area contributed by atoms with Crippen LogP contribution in [0.3, 0.4) is 0 Å². The van der Waals surface area contributed by atoms with Crippen LogP contribution >= 0.6 is 0 Å². The van der Waals surface area contributed by atoms with Gasteiger partial charge in [0.25, 0.3) is 5.91 Å². The van der Waals surface area contributed by atoms with Crippen LogP contribution in [0.1, 0.15) is 32.0 Å². The minimum Gasteiger partial charge on any atom is -0.478 e. The lowest BCUT2D eigenvalue weighted by molar-refractivity contribution is 0.0691. The molecule has 0 atom stereocenters. The summed E-state index contributed by atoms with van der Waals surface area (Å²) in [6, 6.07) is 4.08. The van der Waals surface area contributed by atoms with Crippen LogP contribution in [-0.2, 0) is 0 Å². The first-order valence-electron chi connectivity index (χ1n) is 7.02. The first-order chi connectivity index (χ1) is 11.4. The predicted octanol–water partition coefficient (Wildman–Crippen LogP) is 2.44. The Labute approximate surface area is 135 Å². The number of nitrogens with one attached hydrogen (secondary N) is 1. The molecule has 0 radical (unpaired) electrons. The normalized spacial score (nSPS) is 10.8. The SMILES string of the molecule is Cc1cc(NC(=O)c2cnc3ccnn3c2C)cc(F)c1C(=O)O. The van der Waals surface area contributed by atoms with Gasteiger partial charge >= 0.3 is 5.97 Å². The zero-order valence-corrected chi connectivity index (χ0v) is 12.9. The first-order valence-corrected chi connectivity index (χ1v) is 7.02. The Morgan fingerprint density at radius 3 is 2.71 bits per heavy atom. The van der Waals surface area contributed by atoms with Gasteiger partial charge in [0, 0.05) is 18.0 Å². The first kappa shape index (κ1) is 15.6. The molecule has 8 heteroatoms. The standard InChI is InChI=1S/C16H13FN4O3/c1-8-5-10(6-12(17)14(8)16(23)24)20-15(22)11-7-18-13-3-4-19-21(13)9(11)2/h3-7H,1-2H3,(H,20,22)(H,23,24). The largest absolute Gasteiger partial charge is 0.478 e. The number of amides is 1. The van der Waals surface area contributed by atoms with Gasteiger partial charge in [-0.3, -0.25) is 4.79 Å². The fourth-order valence-electron chi connectivity index (χ4n) is 2.50. The minimum absolute atomic E-state index is 0.167. The topological polar surface area (TPSA) is 96.6 Å². The van der Waals surface area contributed by atoms with Crippen LogP contribution in [0.5, 0.6) is 0 Å². The van der Waals surface area contributed by atoms with Crippen molar-refractivity contribution in [3.63, 3.8) is 0 Å². The zero-order valence-electron chi connectivity index (χ0n) is 12.9. The van der Waals surface area contributed by atoms with E-state index in [1.165, 1.54) is 23.7 Å². The van der Waals surface area contributed by atoms with Gasteiger partial charge in [-0.2, -0.15) is 5.10 Å². The minimum atomic E-state index is -1.35. The number of hydrogen-bond acceptors (Lipinski definition) is 4. The fourth-order valence-corrected chi connectivity index (χ4v) is 2.50. The Morgan fingerprint density at radius 2 is 2.04 bits per heavy atom. The Morgan fingerprint density at radius 1 is 1.29 bits per heavy atom. The molecular weight excluding hydrogens is 315 g/mol. The summed E-state index contributed by atoms with van der Waals surface area (Å²) >= 11 is 0. The van der Waals surface area contributed by atoms with E-state index in [2.05, 4.69) is 15.4 Å². The average Bonchev–Trinajstić information content (AvgIpc) is 2.95. The highest BCUT2D eigenvalue weighted by Gasteiger charge is 2.17. The molecule has 0 aliphatic heterocycles. The van der Waals surface area contributed by atoms with Gasteiger partial charge in [-0.05, 0) is 31.5 Å². The number of carboxylic acid groups (broad SMARTS) is 1. The second-order valence-corrected chi connectivity index (χ2v) is 5.27. The van der Waals surface area contributed by atoms with E-state index in [9.17, 15) is 14.0 Å². The van der Waals surface area contributed by atoms with Crippen molar-refractivity contribution in [1.29, 1.82) is 0 Å². The number of carboxylic acids is 1. The summed E-state index contributed by atoms with van der Waals surface area (Å²) in [6.45, 7) is 3.18. The highest BCUT2D eigenvalue weighted by Crippen LogP contribution is 2.20. The number of aromatic carboxylic acids is 1. The van der Waals surface area contributed by atoms with Crippen molar-refractivity contribution in [1.82, 2.24) is 14.6 Å². The molecule has 0 fully saturated rings. The fraction of sp³-hybridized carbons (Fsp3) is 0.125. The van der Waals surface area contributed by atoms with E-state index >= 15 is 0 Å². The molecule has 0 saturated carbocycles. The molecule has 0 spiro atoms. The number of nitrogens with zero attached hydrogens (tertiary/aromatic N) is 3. The summed E-state index contributed by atoms with van der Waals surface area (Å²) in [5.41, 5.74) is 1.45. The van der Waals surface area contributed by atoms with Crippen LogP contribution in [-0.4, -0.2) is 31.6 Å². The molecule has 24 heavy (non-hydrogen) atoms. The van der Waals surface area contributed by atoms with Crippen LogP contribution in [0.15, 0.2) is 30.6 Å². The molecule has 1 amide bonds. The second-order valence-electron chi connectivity index (χ2n) is 5.27. The van der Waals surface area contributed by atoms with E-state index < -0.39 is 23.3 Å². The molecule has 2 heterocycles. The molecule has 3 rings (SSSR count). The van der Waals surface area contributed by atoms with Crippen molar-refractivity contribution in [3.8, 4) is 0 Å². The monoisotopic (exact) mass is 328 g/mol. The van der Waals surface area contributed by atoms with Crippen LogP contribution < -0.4 is 5.32 Å². The number of hydrogen-bond donors (Lipinski definition) is 2. The molecule has 0 unspecified atom stereocenters. The molecule has 3 aromatic rings. The number of rotatable bonds is 3. The van der Waals surface area contributed by atoms with Crippen LogP contribution in [0.4, 0.5) is 10.1 Å². The van der Waals surface area contributed by atoms with E-state index in [0.29, 0.717) is 11.3 Å². The van der Waals surface area contributed by atoms with Crippen molar-refractivity contribution in [3.05, 3.63) is 58.8 Å². The van der Waals surface area contributed by atoms with E-state index in [1.54, 1.807) is 19.2 Å². The number of carbonyl (C=O) groups excluding carboxylic acids is 1. The van der Waals surface area contributed by atoms with Gasteiger partial charge in [-0.1, -0.05) is 0 Å². The number of fused-ring (bicyclic) bond motifs is 1. The molecule has 1 aromatic carbocycles. The average molecular weight is 328 g/mol. The Bertz CT molecular complexity index is 958. The van der Waals surface area contributed by atoms with Crippen molar-refractivity contribution < 1.29 is 19.1 Å². The molecule has 2 aromatic heterocycles. The van der Waals surface area contributed by atoms with E-state index in [0.717, 1.165) is 6.07 Å². The van der Waals surface area contributed by atoms with Gasteiger partial charge < -0.3 is 10.4 Å². The van der Waals surface area contributed by atoms with Crippen molar-refractivity contribution in [2.24, 2.45) is 0 Å². The number of carbonyl (C=O) groups is 2. The summed E-state index contributed by atoms with van der Waals surface area (Å²) in [7, 11) is 0. The summed E-state index contributed by atoms with van der Waals surface area (Å²) in [6.07, 6.45) is 2.98. The maximum absolute atomic E-state index is 13.9. The molecule has 0 aliphatic carbocycles. The lowest BCUT2D eigenvalue weighted by Crippen LogP contribution is -2.17. The Balaban J connectivity index is 1.94. The summed E-state index contributed by atoms with van der Waals surface area (Å²) in [5, 5.41) is 15.6. The van der Waals surface area contributed by atoms with Crippen LogP contribution in [0.2, 0.25) is 0 Å².